The summed E-state index contributed by atoms with van der Waals surface area (Å²) in [6.45, 7) is 2.36. The summed E-state index contributed by atoms with van der Waals surface area (Å²) in [5, 5.41) is 0. The van der Waals surface area contributed by atoms with Crippen molar-refractivity contribution in [2.24, 2.45) is 0 Å². The molecule has 1 fully saturated rings. The summed E-state index contributed by atoms with van der Waals surface area (Å²) in [7, 11) is -3.68. The molecule has 0 radical (unpaired) electrons. The number of carbonyl (C=O) groups excluding carboxylic acids is 2. The van der Waals surface area contributed by atoms with Crippen molar-refractivity contribution in [1.82, 2.24) is 15.2 Å². The predicted octanol–water partition coefficient (Wildman–Crippen LogP) is 1.92. The van der Waals surface area contributed by atoms with Gasteiger partial charge in [0.15, 0.2) is 5.76 Å². The lowest BCUT2D eigenvalue weighted by atomic mass is 10.1. The highest BCUT2D eigenvalue weighted by Crippen LogP contribution is 2.25. The molecule has 27 heavy (non-hydrogen) atoms. The minimum Gasteiger partial charge on any atom is -0.459 e. The molecule has 1 aliphatic rings. The van der Waals surface area contributed by atoms with Gasteiger partial charge in [-0.1, -0.05) is 12.5 Å². The van der Waals surface area contributed by atoms with Crippen LogP contribution in [0.25, 0.3) is 0 Å². The smallest absolute Gasteiger partial charge is 0.305 e. The average Bonchev–Trinajstić information content (AvgIpc) is 3.21. The van der Waals surface area contributed by atoms with Gasteiger partial charge in [-0.2, -0.15) is 4.31 Å². The number of rotatable bonds is 4. The van der Waals surface area contributed by atoms with Gasteiger partial charge in [0.2, 0.25) is 10.0 Å². The van der Waals surface area contributed by atoms with Crippen LogP contribution in [-0.2, 0) is 10.0 Å². The summed E-state index contributed by atoms with van der Waals surface area (Å²) in [6, 6.07) is 8.69. The standard InChI is InChI=1S/C18H21N3O5S/c1-13-6-2-3-10-21(13)27(24,25)15-8-4-7-14(12-15)17(22)19-20-18(23)16-9-5-11-26-16/h4-5,7-9,11-13H,2-3,6,10H2,1H3,(H,19,22)(H,20,23)/t13-/m1/s1. The molecule has 3 rings (SSSR count). The molecule has 1 aliphatic heterocycles. The molecule has 9 heteroatoms. The highest BCUT2D eigenvalue weighted by atomic mass is 32.2. The maximum absolute atomic E-state index is 12.9. The second-order valence-corrected chi connectivity index (χ2v) is 8.26. The Labute approximate surface area is 157 Å². The van der Waals surface area contributed by atoms with Gasteiger partial charge >= 0.3 is 5.91 Å². The lowest BCUT2D eigenvalue weighted by Gasteiger charge is -2.32. The Morgan fingerprint density at radius 3 is 2.59 bits per heavy atom. The number of carbonyl (C=O) groups is 2. The molecule has 2 aromatic rings. The third-order valence-corrected chi connectivity index (χ3v) is 6.49. The molecule has 1 saturated heterocycles. The van der Waals surface area contributed by atoms with Crippen LogP contribution < -0.4 is 10.9 Å². The van der Waals surface area contributed by atoms with Crippen LogP contribution in [0.2, 0.25) is 0 Å². The van der Waals surface area contributed by atoms with Crippen molar-refractivity contribution in [3.63, 3.8) is 0 Å². The molecule has 2 N–H and O–H groups in total. The summed E-state index contributed by atoms with van der Waals surface area (Å²) >= 11 is 0. The van der Waals surface area contributed by atoms with Gasteiger partial charge in [0.05, 0.1) is 11.2 Å². The van der Waals surface area contributed by atoms with E-state index in [1.807, 2.05) is 6.92 Å². The van der Waals surface area contributed by atoms with E-state index in [1.54, 1.807) is 6.07 Å². The molecule has 0 unspecified atom stereocenters. The van der Waals surface area contributed by atoms with Crippen LogP contribution in [0.5, 0.6) is 0 Å². The Kier molecular flexibility index (Phi) is 5.62. The molecule has 1 aromatic heterocycles. The number of hydrogen-bond acceptors (Lipinski definition) is 5. The van der Waals surface area contributed by atoms with Crippen LogP contribution in [-0.4, -0.2) is 37.1 Å². The van der Waals surface area contributed by atoms with Crippen molar-refractivity contribution in [3.05, 3.63) is 54.0 Å². The van der Waals surface area contributed by atoms with Crippen molar-refractivity contribution in [2.45, 2.75) is 37.1 Å². The number of piperidine rings is 1. The van der Waals surface area contributed by atoms with E-state index < -0.39 is 21.8 Å². The van der Waals surface area contributed by atoms with Gasteiger partial charge in [-0.3, -0.25) is 20.4 Å². The highest BCUT2D eigenvalue weighted by Gasteiger charge is 2.31. The zero-order chi connectivity index (χ0) is 19.4. The maximum Gasteiger partial charge on any atom is 0.305 e. The van der Waals surface area contributed by atoms with Crippen LogP contribution in [0.15, 0.2) is 52.0 Å². The number of hydrogen-bond donors (Lipinski definition) is 2. The first-order valence-electron chi connectivity index (χ1n) is 8.65. The van der Waals surface area contributed by atoms with E-state index in [4.69, 9.17) is 4.42 Å². The highest BCUT2D eigenvalue weighted by molar-refractivity contribution is 7.89. The molecule has 2 amide bonds. The maximum atomic E-state index is 12.9. The van der Waals surface area contributed by atoms with E-state index in [1.165, 1.54) is 40.9 Å². The van der Waals surface area contributed by atoms with Crippen molar-refractivity contribution < 1.29 is 22.4 Å². The van der Waals surface area contributed by atoms with Crippen LogP contribution in [0.3, 0.4) is 0 Å². The zero-order valence-corrected chi connectivity index (χ0v) is 15.7. The molecule has 0 bridgehead atoms. The van der Waals surface area contributed by atoms with Crippen molar-refractivity contribution in [3.8, 4) is 0 Å². The van der Waals surface area contributed by atoms with Gasteiger partial charge in [-0.25, -0.2) is 8.42 Å². The molecule has 1 aromatic carbocycles. The Morgan fingerprint density at radius 1 is 1.11 bits per heavy atom. The van der Waals surface area contributed by atoms with Gasteiger partial charge < -0.3 is 4.42 Å². The fourth-order valence-electron chi connectivity index (χ4n) is 3.02. The Balaban J connectivity index is 1.72. The summed E-state index contributed by atoms with van der Waals surface area (Å²) in [5.74, 6) is -1.19. The molecular weight excluding hydrogens is 370 g/mol. The number of sulfonamides is 1. The summed E-state index contributed by atoms with van der Waals surface area (Å²) in [6.07, 6.45) is 3.98. The zero-order valence-electron chi connectivity index (χ0n) is 14.8. The summed E-state index contributed by atoms with van der Waals surface area (Å²) in [4.78, 5) is 24.1. The lowest BCUT2D eigenvalue weighted by Crippen LogP contribution is -2.42. The Bertz CT molecular complexity index is 924. The number of nitrogens with one attached hydrogen (secondary N) is 2. The van der Waals surface area contributed by atoms with Gasteiger partial charge in [0.25, 0.3) is 5.91 Å². The lowest BCUT2D eigenvalue weighted by molar-refractivity contribution is 0.0831. The normalized spacial score (nSPS) is 18.0. The third-order valence-electron chi connectivity index (χ3n) is 4.48. The fraction of sp³-hybridized carbons (Fsp3) is 0.333. The van der Waals surface area contributed by atoms with Crippen molar-refractivity contribution >= 4 is 21.8 Å². The number of benzene rings is 1. The van der Waals surface area contributed by atoms with Crippen LogP contribution >= 0.6 is 0 Å². The van der Waals surface area contributed by atoms with Gasteiger partial charge in [-0.05, 0) is 50.1 Å². The van der Waals surface area contributed by atoms with Crippen LogP contribution in [0.1, 0.15) is 47.1 Å². The van der Waals surface area contributed by atoms with E-state index in [-0.39, 0.29) is 22.3 Å². The van der Waals surface area contributed by atoms with Crippen molar-refractivity contribution in [2.75, 3.05) is 6.54 Å². The molecule has 1 atom stereocenters. The molecular formula is C18H21N3O5S. The van der Waals surface area contributed by atoms with Crippen molar-refractivity contribution in [1.29, 1.82) is 0 Å². The van der Waals surface area contributed by atoms with Gasteiger partial charge in [-0.15, -0.1) is 0 Å². The Morgan fingerprint density at radius 2 is 1.89 bits per heavy atom. The van der Waals surface area contributed by atoms with E-state index in [9.17, 15) is 18.0 Å². The number of amides is 2. The van der Waals surface area contributed by atoms with Gasteiger partial charge in [0.1, 0.15) is 0 Å². The number of hydrazine groups is 1. The van der Waals surface area contributed by atoms with Crippen LogP contribution in [0, 0.1) is 0 Å². The molecule has 144 valence electrons. The molecule has 2 heterocycles. The first kappa shape index (κ1) is 19.1. The first-order valence-corrected chi connectivity index (χ1v) is 10.1. The topological polar surface area (TPSA) is 109 Å². The minimum atomic E-state index is -3.68. The minimum absolute atomic E-state index is 0.0470. The second kappa shape index (κ2) is 7.93. The SMILES string of the molecule is C[C@@H]1CCCCN1S(=O)(=O)c1cccc(C(=O)NNC(=O)c2ccco2)c1. The molecule has 0 saturated carbocycles. The summed E-state index contributed by atoms with van der Waals surface area (Å²) < 4.78 is 32.2. The van der Waals surface area contributed by atoms with E-state index in [0.29, 0.717) is 6.54 Å². The molecule has 8 nitrogen and oxygen atoms in total. The Hall–Kier alpha value is -2.65. The number of nitrogens with zero attached hydrogens (tertiary/aromatic N) is 1. The number of furan rings is 1. The van der Waals surface area contributed by atoms with E-state index >= 15 is 0 Å². The molecule has 0 aliphatic carbocycles. The third kappa shape index (κ3) is 4.20. The largest absolute Gasteiger partial charge is 0.459 e. The monoisotopic (exact) mass is 391 g/mol. The molecule has 0 spiro atoms. The quantitative estimate of drug-likeness (QED) is 0.774. The van der Waals surface area contributed by atoms with E-state index in [2.05, 4.69) is 10.9 Å². The predicted molar refractivity (Wildman–Crippen MR) is 97.3 cm³/mol. The van der Waals surface area contributed by atoms with Crippen LogP contribution in [0.4, 0.5) is 0 Å². The average molecular weight is 391 g/mol. The second-order valence-electron chi connectivity index (χ2n) is 6.37. The van der Waals surface area contributed by atoms with Gasteiger partial charge in [0, 0.05) is 18.2 Å². The summed E-state index contributed by atoms with van der Waals surface area (Å²) in [5.41, 5.74) is 4.59. The fourth-order valence-corrected chi connectivity index (χ4v) is 4.76. The van der Waals surface area contributed by atoms with E-state index in [0.717, 1.165) is 19.3 Å². The first-order chi connectivity index (χ1) is 12.9.